The molecule has 170 valence electrons. The Balaban J connectivity index is 1.77. The zero-order valence-corrected chi connectivity index (χ0v) is 18.2. The fourth-order valence-corrected chi connectivity index (χ4v) is 4.41. The van der Waals surface area contributed by atoms with Crippen LogP contribution in [0.15, 0.2) is 45.3 Å². The van der Waals surface area contributed by atoms with Gasteiger partial charge in [0.2, 0.25) is 0 Å². The second-order valence-corrected chi connectivity index (χ2v) is 8.00. The number of benzene rings is 2. The van der Waals surface area contributed by atoms with E-state index in [1.165, 1.54) is 18.6 Å². The average molecular weight is 495 g/mol. The molecule has 0 aliphatic rings. The lowest BCUT2D eigenvalue weighted by Gasteiger charge is -2.13. The molecule has 0 atom stereocenters. The molecule has 12 heteroatoms. The van der Waals surface area contributed by atoms with Crippen LogP contribution in [0.4, 0.5) is 8.78 Å². The Labute approximate surface area is 192 Å². The van der Waals surface area contributed by atoms with Gasteiger partial charge in [-0.3, -0.25) is 4.79 Å². The molecule has 8 nitrogen and oxygen atoms in total. The molecule has 2 aromatic heterocycles. The van der Waals surface area contributed by atoms with E-state index in [2.05, 4.69) is 4.98 Å². The quantitative estimate of drug-likeness (QED) is 0.420. The van der Waals surface area contributed by atoms with E-state index in [0.717, 1.165) is 35.6 Å². The zero-order chi connectivity index (χ0) is 23.9. The first-order valence-corrected chi connectivity index (χ1v) is 10.4. The van der Waals surface area contributed by atoms with E-state index in [4.69, 9.17) is 21.1 Å². The number of fused-ring (bicyclic) bond motifs is 1. The number of carboxylic acid groups (broad SMARTS) is 1. The van der Waals surface area contributed by atoms with E-state index in [1.54, 1.807) is 0 Å². The molecule has 2 aromatic carbocycles. The number of rotatable bonds is 6. The SMILES string of the molecule is COc1c(Cl)cc(F)cc1COc1ccc(F)c(-n2c(=O)[nH]c3csc(C(=O)O)c3c2=O)c1. The highest BCUT2D eigenvalue weighted by molar-refractivity contribution is 7.13. The number of nitrogens with zero attached hydrogens (tertiary/aromatic N) is 1. The molecule has 0 fully saturated rings. The van der Waals surface area contributed by atoms with E-state index in [-0.39, 0.29) is 44.5 Å². The van der Waals surface area contributed by atoms with Gasteiger partial charge in [0.1, 0.15) is 34.6 Å². The number of H-pyrrole nitrogens is 1. The summed E-state index contributed by atoms with van der Waals surface area (Å²) in [5.41, 5.74) is -2.10. The third-order valence-corrected chi connectivity index (χ3v) is 5.94. The number of nitrogens with one attached hydrogen (secondary N) is 1. The summed E-state index contributed by atoms with van der Waals surface area (Å²) in [6.07, 6.45) is 0. The lowest BCUT2D eigenvalue weighted by Crippen LogP contribution is -2.34. The molecular weight excluding hydrogens is 482 g/mol. The van der Waals surface area contributed by atoms with E-state index in [0.29, 0.717) is 4.57 Å². The van der Waals surface area contributed by atoms with Gasteiger partial charge in [-0.15, -0.1) is 11.3 Å². The van der Waals surface area contributed by atoms with Crippen molar-refractivity contribution in [2.75, 3.05) is 7.11 Å². The van der Waals surface area contributed by atoms with Crippen LogP contribution in [0.1, 0.15) is 15.2 Å². The van der Waals surface area contributed by atoms with Crippen LogP contribution >= 0.6 is 22.9 Å². The van der Waals surface area contributed by atoms with Crippen LogP contribution in [0.5, 0.6) is 11.5 Å². The molecule has 0 saturated heterocycles. The number of aromatic amines is 1. The number of methoxy groups -OCH3 is 1. The minimum absolute atomic E-state index is 0.0338. The molecule has 2 heterocycles. The Kier molecular flexibility index (Phi) is 5.91. The number of carboxylic acids is 1. The standard InChI is InChI=1S/C21H13ClF2N2O6S/c1-31-17-9(4-10(23)5-12(17)22)7-32-11-2-3-13(24)15(6-11)26-19(27)16-14(25-21(26)30)8-33-18(16)20(28)29/h2-6,8H,7H2,1H3,(H,25,30)(H,28,29). The van der Waals surface area contributed by atoms with Gasteiger partial charge < -0.3 is 19.6 Å². The number of ether oxygens (including phenoxy) is 2. The molecule has 0 unspecified atom stereocenters. The maximum absolute atomic E-state index is 14.6. The van der Waals surface area contributed by atoms with Crippen molar-refractivity contribution in [2.45, 2.75) is 6.61 Å². The van der Waals surface area contributed by atoms with Gasteiger partial charge in [0.25, 0.3) is 5.56 Å². The number of carbonyl (C=O) groups is 1. The van der Waals surface area contributed by atoms with Crippen LogP contribution in [0.25, 0.3) is 16.6 Å². The molecule has 2 N–H and O–H groups in total. The van der Waals surface area contributed by atoms with Crippen LogP contribution in [0.2, 0.25) is 5.02 Å². The molecule has 4 rings (SSSR count). The predicted molar refractivity (Wildman–Crippen MR) is 117 cm³/mol. The Morgan fingerprint density at radius 1 is 1.24 bits per heavy atom. The number of aromatic carboxylic acids is 1. The van der Waals surface area contributed by atoms with Crippen molar-refractivity contribution in [3.05, 3.63) is 83.6 Å². The Hall–Kier alpha value is -3.70. The maximum atomic E-state index is 14.6. The summed E-state index contributed by atoms with van der Waals surface area (Å²) in [6.45, 7) is -0.219. The minimum Gasteiger partial charge on any atom is -0.495 e. The molecule has 0 spiro atoms. The fraction of sp³-hybridized carbons (Fsp3) is 0.0952. The van der Waals surface area contributed by atoms with Crippen LogP contribution in [0.3, 0.4) is 0 Å². The lowest BCUT2D eigenvalue weighted by molar-refractivity contribution is 0.0704. The second-order valence-electron chi connectivity index (χ2n) is 6.71. The van der Waals surface area contributed by atoms with E-state index in [1.807, 2.05) is 0 Å². The summed E-state index contributed by atoms with van der Waals surface area (Å²) in [4.78, 5) is 39.0. The third kappa shape index (κ3) is 4.08. The minimum atomic E-state index is -1.36. The predicted octanol–water partition coefficient (Wildman–Crippen LogP) is 3.96. The molecule has 0 radical (unpaired) electrons. The number of halogens is 3. The summed E-state index contributed by atoms with van der Waals surface area (Å²) in [5.74, 6) is -2.66. The average Bonchev–Trinajstić information content (AvgIpc) is 3.18. The fourth-order valence-electron chi connectivity index (χ4n) is 3.28. The number of thiophene rings is 1. The van der Waals surface area contributed by atoms with Crippen LogP contribution < -0.4 is 20.7 Å². The molecule has 0 bridgehead atoms. The van der Waals surface area contributed by atoms with Crippen molar-refractivity contribution in [2.24, 2.45) is 0 Å². The first-order chi connectivity index (χ1) is 15.7. The molecule has 0 saturated carbocycles. The Morgan fingerprint density at radius 2 is 2.00 bits per heavy atom. The monoisotopic (exact) mass is 494 g/mol. The van der Waals surface area contributed by atoms with Crippen molar-refractivity contribution in [3.8, 4) is 17.2 Å². The molecule has 33 heavy (non-hydrogen) atoms. The van der Waals surface area contributed by atoms with Crippen LogP contribution in [-0.2, 0) is 6.61 Å². The number of aromatic nitrogens is 2. The normalized spacial score (nSPS) is 11.0. The smallest absolute Gasteiger partial charge is 0.346 e. The van der Waals surface area contributed by atoms with Gasteiger partial charge in [-0.25, -0.2) is 22.9 Å². The summed E-state index contributed by atoms with van der Waals surface area (Å²) < 4.78 is 39.6. The molecule has 0 aliphatic heterocycles. The molecule has 4 aromatic rings. The maximum Gasteiger partial charge on any atom is 0.346 e. The van der Waals surface area contributed by atoms with Crippen molar-refractivity contribution in [3.63, 3.8) is 0 Å². The summed E-state index contributed by atoms with van der Waals surface area (Å²) >= 11 is 6.73. The van der Waals surface area contributed by atoms with Gasteiger partial charge >= 0.3 is 11.7 Å². The summed E-state index contributed by atoms with van der Waals surface area (Å²) in [7, 11) is 1.35. The second kappa shape index (κ2) is 8.68. The summed E-state index contributed by atoms with van der Waals surface area (Å²) in [6, 6.07) is 5.55. The van der Waals surface area contributed by atoms with Crippen molar-refractivity contribution in [1.82, 2.24) is 9.55 Å². The molecule has 0 amide bonds. The van der Waals surface area contributed by atoms with Crippen LogP contribution in [0, 0.1) is 11.6 Å². The van der Waals surface area contributed by atoms with Gasteiger partial charge in [0, 0.05) is 17.0 Å². The first-order valence-electron chi connectivity index (χ1n) is 9.15. The highest BCUT2D eigenvalue weighted by Crippen LogP contribution is 2.31. The first kappa shape index (κ1) is 22.5. The van der Waals surface area contributed by atoms with Crippen molar-refractivity contribution in [1.29, 1.82) is 0 Å². The van der Waals surface area contributed by atoms with Gasteiger partial charge in [-0.1, -0.05) is 11.6 Å². The largest absolute Gasteiger partial charge is 0.495 e. The van der Waals surface area contributed by atoms with Crippen LogP contribution in [-0.4, -0.2) is 27.7 Å². The van der Waals surface area contributed by atoms with Gasteiger partial charge in [0.05, 0.1) is 28.7 Å². The Bertz CT molecular complexity index is 1530. The van der Waals surface area contributed by atoms with Gasteiger partial charge in [0.15, 0.2) is 0 Å². The van der Waals surface area contributed by atoms with E-state index < -0.39 is 34.5 Å². The summed E-state index contributed by atoms with van der Waals surface area (Å²) in [5, 5.41) is 10.4. The van der Waals surface area contributed by atoms with E-state index >= 15 is 0 Å². The highest BCUT2D eigenvalue weighted by atomic mass is 35.5. The van der Waals surface area contributed by atoms with Gasteiger partial charge in [-0.2, -0.15) is 0 Å². The van der Waals surface area contributed by atoms with Gasteiger partial charge in [-0.05, 0) is 24.3 Å². The highest BCUT2D eigenvalue weighted by Gasteiger charge is 2.21. The number of hydrogen-bond donors (Lipinski definition) is 2. The lowest BCUT2D eigenvalue weighted by atomic mass is 10.2. The topological polar surface area (TPSA) is 111 Å². The zero-order valence-electron chi connectivity index (χ0n) is 16.6. The molecular formula is C21H13ClF2N2O6S. The van der Waals surface area contributed by atoms with E-state index in [9.17, 15) is 28.3 Å². The third-order valence-electron chi connectivity index (χ3n) is 4.69. The number of hydrogen-bond acceptors (Lipinski definition) is 6. The Morgan fingerprint density at radius 3 is 2.70 bits per heavy atom. The van der Waals surface area contributed by atoms with Crippen molar-refractivity contribution >= 4 is 39.8 Å². The molecule has 0 aliphatic carbocycles. The van der Waals surface area contributed by atoms with Crippen molar-refractivity contribution < 1.29 is 28.2 Å².